The molecule has 1 amide bonds. The maximum atomic E-state index is 12.4. The first-order valence-electron chi connectivity index (χ1n) is 8.89. The molecule has 7 heteroatoms. The van der Waals surface area contributed by atoms with Gasteiger partial charge in [0.25, 0.3) is 5.91 Å². The summed E-state index contributed by atoms with van der Waals surface area (Å²) < 4.78 is 12.4. The van der Waals surface area contributed by atoms with Crippen molar-refractivity contribution in [2.24, 2.45) is 7.05 Å². The van der Waals surface area contributed by atoms with Crippen molar-refractivity contribution in [3.8, 4) is 34.6 Å². The largest absolute Gasteiger partial charge is 0.496 e. The lowest BCUT2D eigenvalue weighted by Gasteiger charge is -2.04. The van der Waals surface area contributed by atoms with Crippen molar-refractivity contribution in [2.45, 2.75) is 0 Å². The summed E-state index contributed by atoms with van der Waals surface area (Å²) in [6.45, 7) is 0.378. The molecule has 3 rings (SSSR count). The zero-order valence-electron chi connectivity index (χ0n) is 16.1. The fourth-order valence-electron chi connectivity index (χ4n) is 2.67. The van der Waals surface area contributed by atoms with Gasteiger partial charge in [0, 0.05) is 12.6 Å². The molecule has 2 aromatic carbocycles. The van der Waals surface area contributed by atoms with E-state index in [4.69, 9.17) is 21.1 Å². The van der Waals surface area contributed by atoms with Gasteiger partial charge in [-0.25, -0.2) is 0 Å². The SMILES string of the molecule is COc1ccccc1-c1cc(C(=O)NCC#CCOc2ccccc2Cl)n(C)n1. The van der Waals surface area contributed by atoms with Crippen LogP contribution in [0.4, 0.5) is 0 Å². The van der Waals surface area contributed by atoms with Crippen molar-refractivity contribution in [3.05, 3.63) is 65.3 Å². The molecule has 3 aromatic rings. The normalized spacial score (nSPS) is 10.0. The fourth-order valence-corrected chi connectivity index (χ4v) is 2.86. The first-order chi connectivity index (χ1) is 14.1. The van der Waals surface area contributed by atoms with E-state index < -0.39 is 0 Å². The Labute approximate surface area is 174 Å². The Morgan fingerprint density at radius 2 is 1.86 bits per heavy atom. The van der Waals surface area contributed by atoms with Crippen molar-refractivity contribution in [3.63, 3.8) is 0 Å². The molecule has 148 valence electrons. The highest BCUT2D eigenvalue weighted by molar-refractivity contribution is 6.32. The number of benzene rings is 2. The molecule has 1 heterocycles. The number of aromatic nitrogens is 2. The van der Waals surface area contributed by atoms with Crippen molar-refractivity contribution >= 4 is 17.5 Å². The van der Waals surface area contributed by atoms with Gasteiger partial charge >= 0.3 is 0 Å². The van der Waals surface area contributed by atoms with Crippen molar-refractivity contribution in [1.82, 2.24) is 15.1 Å². The summed E-state index contributed by atoms with van der Waals surface area (Å²) in [4.78, 5) is 12.4. The lowest BCUT2D eigenvalue weighted by Crippen LogP contribution is -2.25. The highest BCUT2D eigenvalue weighted by Gasteiger charge is 2.15. The summed E-state index contributed by atoms with van der Waals surface area (Å²) in [5.74, 6) is 6.71. The molecule has 0 atom stereocenters. The van der Waals surface area contributed by atoms with Gasteiger partial charge in [-0.05, 0) is 30.3 Å². The number of ether oxygens (including phenoxy) is 2. The third-order valence-electron chi connectivity index (χ3n) is 4.09. The van der Waals surface area contributed by atoms with E-state index in [2.05, 4.69) is 22.3 Å². The summed E-state index contributed by atoms with van der Waals surface area (Å²) in [6, 6.07) is 16.4. The lowest BCUT2D eigenvalue weighted by atomic mass is 10.1. The summed E-state index contributed by atoms with van der Waals surface area (Å²) >= 11 is 6.01. The maximum Gasteiger partial charge on any atom is 0.270 e. The lowest BCUT2D eigenvalue weighted by molar-refractivity contribution is 0.0949. The van der Waals surface area contributed by atoms with Crippen LogP contribution in [-0.2, 0) is 7.05 Å². The monoisotopic (exact) mass is 409 g/mol. The molecular formula is C22H20ClN3O3. The molecular weight excluding hydrogens is 390 g/mol. The summed E-state index contributed by atoms with van der Waals surface area (Å²) in [6.07, 6.45) is 0. The number of rotatable bonds is 6. The molecule has 0 saturated carbocycles. The third kappa shape index (κ3) is 5.09. The third-order valence-corrected chi connectivity index (χ3v) is 4.41. The van der Waals surface area contributed by atoms with E-state index in [-0.39, 0.29) is 19.1 Å². The molecule has 29 heavy (non-hydrogen) atoms. The Balaban J connectivity index is 1.57. The minimum absolute atomic E-state index is 0.184. The molecule has 1 N–H and O–H groups in total. The zero-order valence-corrected chi connectivity index (χ0v) is 16.9. The van der Waals surface area contributed by atoms with Crippen LogP contribution in [0.15, 0.2) is 54.6 Å². The zero-order chi connectivity index (χ0) is 20.6. The molecule has 0 fully saturated rings. The average molecular weight is 410 g/mol. The van der Waals surface area contributed by atoms with Crippen molar-refractivity contribution in [2.75, 3.05) is 20.3 Å². The van der Waals surface area contributed by atoms with Crippen molar-refractivity contribution < 1.29 is 14.3 Å². The molecule has 0 saturated heterocycles. The van der Waals surface area contributed by atoms with Crippen LogP contribution in [0, 0.1) is 11.8 Å². The highest BCUT2D eigenvalue weighted by atomic mass is 35.5. The predicted molar refractivity (Wildman–Crippen MR) is 112 cm³/mol. The second-order valence-electron chi connectivity index (χ2n) is 5.99. The molecule has 0 aliphatic heterocycles. The summed E-state index contributed by atoms with van der Waals surface area (Å²) in [7, 11) is 3.32. The van der Waals surface area contributed by atoms with Crippen LogP contribution in [0.2, 0.25) is 5.02 Å². The van der Waals surface area contributed by atoms with Crippen LogP contribution in [0.1, 0.15) is 10.5 Å². The smallest absolute Gasteiger partial charge is 0.270 e. The molecule has 1 aromatic heterocycles. The van der Waals surface area contributed by atoms with Crippen LogP contribution in [0.3, 0.4) is 0 Å². The highest BCUT2D eigenvalue weighted by Crippen LogP contribution is 2.28. The van der Waals surface area contributed by atoms with Gasteiger partial charge in [0.15, 0.2) is 0 Å². The molecule has 6 nitrogen and oxygen atoms in total. The van der Waals surface area contributed by atoms with E-state index >= 15 is 0 Å². The van der Waals surface area contributed by atoms with E-state index in [1.165, 1.54) is 4.68 Å². The van der Waals surface area contributed by atoms with Gasteiger partial charge in [-0.3, -0.25) is 9.48 Å². The Hall–Kier alpha value is -3.43. The number of amides is 1. The van der Waals surface area contributed by atoms with E-state index in [1.54, 1.807) is 32.4 Å². The number of hydrogen-bond donors (Lipinski definition) is 1. The van der Waals surface area contributed by atoms with Crippen LogP contribution in [0.5, 0.6) is 11.5 Å². The number of carbonyl (C=O) groups is 1. The Morgan fingerprint density at radius 1 is 1.14 bits per heavy atom. The van der Waals surface area contributed by atoms with Gasteiger partial charge in [-0.15, -0.1) is 0 Å². The molecule has 0 aliphatic carbocycles. The van der Waals surface area contributed by atoms with Gasteiger partial charge in [0.05, 0.1) is 24.4 Å². The molecule has 0 unspecified atom stereocenters. The number of hydrogen-bond acceptors (Lipinski definition) is 4. The minimum atomic E-state index is -0.262. The number of aryl methyl sites for hydroxylation is 1. The van der Waals surface area contributed by atoms with E-state index in [9.17, 15) is 4.79 Å². The van der Waals surface area contributed by atoms with E-state index in [0.29, 0.717) is 27.9 Å². The average Bonchev–Trinajstić information content (AvgIpc) is 3.13. The fraction of sp³-hybridized carbons (Fsp3) is 0.182. The quantitative estimate of drug-likeness (QED) is 0.632. The summed E-state index contributed by atoms with van der Waals surface area (Å²) in [5, 5.41) is 7.71. The Morgan fingerprint density at radius 3 is 2.62 bits per heavy atom. The van der Waals surface area contributed by atoms with Gasteiger partial charge in [0.2, 0.25) is 0 Å². The van der Waals surface area contributed by atoms with Crippen LogP contribution >= 0.6 is 11.6 Å². The standard InChI is InChI=1S/C22H20ClN3O3/c1-26-19(15-18(25-26)16-9-3-5-11-20(16)28-2)22(27)24-13-7-8-14-29-21-12-6-4-10-17(21)23/h3-6,9-12,15H,13-14H2,1-2H3,(H,24,27). The van der Waals surface area contributed by atoms with Crippen LogP contribution in [-0.4, -0.2) is 35.9 Å². The second-order valence-corrected chi connectivity index (χ2v) is 6.40. The Bertz CT molecular complexity index is 1070. The topological polar surface area (TPSA) is 65.4 Å². The first kappa shape index (κ1) is 20.3. The number of para-hydroxylation sites is 2. The van der Waals surface area contributed by atoms with Crippen molar-refractivity contribution in [1.29, 1.82) is 0 Å². The maximum absolute atomic E-state index is 12.4. The van der Waals surface area contributed by atoms with Crippen LogP contribution in [0.25, 0.3) is 11.3 Å². The molecule has 0 radical (unpaired) electrons. The minimum Gasteiger partial charge on any atom is -0.496 e. The number of halogens is 1. The molecule has 0 bridgehead atoms. The van der Waals surface area contributed by atoms with Gasteiger partial charge in [-0.1, -0.05) is 47.7 Å². The van der Waals surface area contributed by atoms with E-state index in [1.807, 2.05) is 36.4 Å². The molecule has 0 spiro atoms. The number of methoxy groups -OCH3 is 1. The van der Waals surface area contributed by atoms with Gasteiger partial charge < -0.3 is 14.8 Å². The number of nitrogens with one attached hydrogen (secondary N) is 1. The van der Waals surface area contributed by atoms with Gasteiger partial charge in [-0.2, -0.15) is 5.10 Å². The number of carbonyl (C=O) groups excluding carboxylic acids is 1. The van der Waals surface area contributed by atoms with Gasteiger partial charge in [0.1, 0.15) is 23.8 Å². The second kappa shape index (κ2) is 9.67. The van der Waals surface area contributed by atoms with Crippen LogP contribution < -0.4 is 14.8 Å². The first-order valence-corrected chi connectivity index (χ1v) is 9.26. The predicted octanol–water partition coefficient (Wildman–Crippen LogP) is 3.56. The molecule has 0 aliphatic rings. The Kier molecular flexibility index (Phi) is 6.77. The summed E-state index contributed by atoms with van der Waals surface area (Å²) in [5.41, 5.74) is 1.91. The van der Waals surface area contributed by atoms with E-state index in [0.717, 1.165) is 5.56 Å². The number of nitrogens with zero attached hydrogens (tertiary/aromatic N) is 2.